The molecule has 0 fully saturated rings. The number of ether oxygens (including phenoxy) is 1. The number of benzene rings is 2. The van der Waals surface area contributed by atoms with Gasteiger partial charge >= 0.3 is 0 Å². The monoisotopic (exact) mass is 372 g/mol. The van der Waals surface area contributed by atoms with Gasteiger partial charge in [-0.2, -0.15) is 10.2 Å². The van der Waals surface area contributed by atoms with Crippen molar-refractivity contribution >= 4 is 17.3 Å². The quantitative estimate of drug-likeness (QED) is 0.735. The first-order valence-corrected chi connectivity index (χ1v) is 8.95. The van der Waals surface area contributed by atoms with Gasteiger partial charge in [0.1, 0.15) is 11.8 Å². The molecule has 1 unspecified atom stereocenters. The normalized spacial score (nSPS) is 15.8. The number of aromatic nitrogens is 2. The van der Waals surface area contributed by atoms with Crippen LogP contribution in [0.3, 0.4) is 0 Å². The minimum absolute atomic E-state index is 0.0903. The van der Waals surface area contributed by atoms with Gasteiger partial charge in [0.15, 0.2) is 0 Å². The zero-order valence-corrected chi connectivity index (χ0v) is 15.5. The number of amides is 1. The van der Waals surface area contributed by atoms with Crippen molar-refractivity contribution in [2.24, 2.45) is 0 Å². The van der Waals surface area contributed by atoms with Crippen LogP contribution in [0.15, 0.2) is 67.5 Å². The number of methoxy groups -OCH3 is 1. The van der Waals surface area contributed by atoms with Crippen LogP contribution in [0.1, 0.15) is 11.1 Å². The summed E-state index contributed by atoms with van der Waals surface area (Å²) >= 11 is 0. The van der Waals surface area contributed by atoms with Crippen LogP contribution in [-0.4, -0.2) is 29.3 Å². The Hall–Kier alpha value is -3.67. The van der Waals surface area contributed by atoms with Crippen molar-refractivity contribution in [3.05, 3.63) is 78.6 Å². The lowest BCUT2D eigenvalue weighted by atomic mass is 10.0. The molecule has 4 rings (SSSR count). The molecule has 0 saturated heterocycles. The van der Waals surface area contributed by atoms with E-state index in [1.54, 1.807) is 19.5 Å². The first kappa shape index (κ1) is 17.7. The van der Waals surface area contributed by atoms with Crippen LogP contribution in [0.25, 0.3) is 16.8 Å². The van der Waals surface area contributed by atoms with Gasteiger partial charge in [-0.25, -0.2) is 0 Å². The largest absolute Gasteiger partial charge is 0.497 e. The minimum atomic E-state index is -0.417. The van der Waals surface area contributed by atoms with Crippen LogP contribution < -0.4 is 15.4 Å². The van der Waals surface area contributed by atoms with E-state index < -0.39 is 6.04 Å². The van der Waals surface area contributed by atoms with Gasteiger partial charge < -0.3 is 15.4 Å². The molecule has 6 nitrogen and oxygen atoms in total. The van der Waals surface area contributed by atoms with E-state index in [0.717, 1.165) is 33.7 Å². The average Bonchev–Trinajstić information content (AvgIpc) is 2.85. The third-order valence-corrected chi connectivity index (χ3v) is 4.79. The molecule has 1 atom stereocenters. The van der Waals surface area contributed by atoms with Crippen LogP contribution in [-0.2, 0) is 11.2 Å². The van der Waals surface area contributed by atoms with Crippen molar-refractivity contribution in [1.82, 2.24) is 15.5 Å². The van der Waals surface area contributed by atoms with Crippen molar-refractivity contribution < 1.29 is 9.53 Å². The highest BCUT2D eigenvalue weighted by molar-refractivity contribution is 6.00. The predicted octanol–water partition coefficient (Wildman–Crippen LogP) is 3.28. The maximum atomic E-state index is 12.7. The van der Waals surface area contributed by atoms with Crippen molar-refractivity contribution in [3.63, 3.8) is 0 Å². The van der Waals surface area contributed by atoms with Crippen molar-refractivity contribution in [2.45, 2.75) is 12.5 Å². The first-order chi connectivity index (χ1) is 13.6. The molecule has 0 radical (unpaired) electrons. The lowest BCUT2D eigenvalue weighted by molar-refractivity contribution is -0.117. The number of hydrogen-bond acceptors (Lipinski definition) is 5. The Labute approximate surface area is 163 Å². The van der Waals surface area contributed by atoms with Gasteiger partial charge in [-0.05, 0) is 35.4 Å². The summed E-state index contributed by atoms with van der Waals surface area (Å²) < 4.78 is 5.28. The molecule has 0 bridgehead atoms. The van der Waals surface area contributed by atoms with Gasteiger partial charge in [0, 0.05) is 23.2 Å². The molecule has 3 aromatic rings. The molecule has 0 spiro atoms. The second kappa shape index (κ2) is 7.52. The maximum Gasteiger partial charge on any atom is 0.247 e. The molecule has 6 heteroatoms. The Morgan fingerprint density at radius 2 is 1.89 bits per heavy atom. The van der Waals surface area contributed by atoms with E-state index in [1.165, 1.54) is 0 Å². The molecule has 28 heavy (non-hydrogen) atoms. The first-order valence-electron chi connectivity index (χ1n) is 8.95. The van der Waals surface area contributed by atoms with Gasteiger partial charge in [-0.15, -0.1) is 0 Å². The zero-order valence-electron chi connectivity index (χ0n) is 15.5. The third-order valence-electron chi connectivity index (χ3n) is 4.79. The minimum Gasteiger partial charge on any atom is -0.497 e. The number of nitrogens with zero attached hydrogens (tertiary/aromatic N) is 2. The summed E-state index contributed by atoms with van der Waals surface area (Å²) in [5.74, 6) is 0.628. The highest BCUT2D eigenvalue weighted by Crippen LogP contribution is 2.29. The number of nitrogens with one attached hydrogen (secondary N) is 2. The van der Waals surface area contributed by atoms with E-state index in [4.69, 9.17) is 4.74 Å². The molecule has 1 aliphatic rings. The molecule has 2 aromatic carbocycles. The maximum absolute atomic E-state index is 12.7. The van der Waals surface area contributed by atoms with Gasteiger partial charge in [-0.3, -0.25) is 4.79 Å². The Bertz CT molecular complexity index is 1020. The summed E-state index contributed by atoms with van der Waals surface area (Å²) in [7, 11) is 1.61. The zero-order chi connectivity index (χ0) is 19.5. The number of anilines is 1. The molecular formula is C22H20N4O2. The molecule has 1 aliphatic heterocycles. The summed E-state index contributed by atoms with van der Waals surface area (Å²) in [5.41, 5.74) is 5.36. The van der Waals surface area contributed by atoms with Gasteiger partial charge in [0.05, 0.1) is 25.2 Å². The van der Waals surface area contributed by atoms with Crippen LogP contribution in [0.2, 0.25) is 0 Å². The van der Waals surface area contributed by atoms with E-state index >= 15 is 0 Å². The van der Waals surface area contributed by atoms with Crippen LogP contribution in [0.4, 0.5) is 5.69 Å². The Balaban J connectivity index is 1.52. The lowest BCUT2D eigenvalue weighted by Crippen LogP contribution is -2.39. The Morgan fingerprint density at radius 3 is 2.61 bits per heavy atom. The van der Waals surface area contributed by atoms with Crippen molar-refractivity contribution in [2.75, 3.05) is 12.4 Å². The molecule has 0 saturated carbocycles. The van der Waals surface area contributed by atoms with Crippen LogP contribution in [0, 0.1) is 0 Å². The number of hydrogen-bond donors (Lipinski definition) is 2. The van der Waals surface area contributed by atoms with E-state index in [-0.39, 0.29) is 5.91 Å². The summed E-state index contributed by atoms with van der Waals surface area (Å²) in [6.45, 7) is 4.10. The van der Waals surface area contributed by atoms with E-state index in [1.807, 2.05) is 48.5 Å². The number of carbonyl (C=O) groups excluding carboxylic acids is 1. The van der Waals surface area contributed by atoms with Gasteiger partial charge in [0.25, 0.3) is 0 Å². The smallest absolute Gasteiger partial charge is 0.247 e. The molecule has 0 aliphatic carbocycles. The highest BCUT2D eigenvalue weighted by atomic mass is 16.5. The molecule has 2 heterocycles. The van der Waals surface area contributed by atoms with Gasteiger partial charge in [0.2, 0.25) is 5.91 Å². The second-order valence-electron chi connectivity index (χ2n) is 6.61. The molecule has 2 N–H and O–H groups in total. The van der Waals surface area contributed by atoms with E-state index in [0.29, 0.717) is 12.1 Å². The fourth-order valence-electron chi connectivity index (χ4n) is 3.26. The fourth-order valence-corrected chi connectivity index (χ4v) is 3.26. The second-order valence-corrected chi connectivity index (χ2v) is 6.61. The van der Waals surface area contributed by atoms with E-state index in [9.17, 15) is 4.79 Å². The SMILES string of the molecule is C=C1NC(Cc2ccc(-c3ccnnc3)cc2)C(=O)Nc2ccc(OC)cc21. The van der Waals surface area contributed by atoms with Gasteiger partial charge in [-0.1, -0.05) is 30.8 Å². The molecule has 1 amide bonds. The highest BCUT2D eigenvalue weighted by Gasteiger charge is 2.25. The van der Waals surface area contributed by atoms with Crippen molar-refractivity contribution in [3.8, 4) is 16.9 Å². The summed E-state index contributed by atoms with van der Waals surface area (Å²) in [6, 6.07) is 15.1. The fraction of sp³-hybridized carbons (Fsp3) is 0.136. The predicted molar refractivity (Wildman–Crippen MR) is 109 cm³/mol. The Kier molecular flexibility index (Phi) is 4.76. The third kappa shape index (κ3) is 3.57. The topological polar surface area (TPSA) is 76.1 Å². The average molecular weight is 372 g/mol. The van der Waals surface area contributed by atoms with Crippen LogP contribution >= 0.6 is 0 Å². The standard InChI is InChI=1S/C22H20N4O2/c1-14-19-12-18(28-2)7-8-20(19)26-22(27)21(25-14)11-15-3-5-16(6-4-15)17-9-10-23-24-13-17/h3-10,12-13,21,25H,1,11H2,2H3,(H,26,27). The summed E-state index contributed by atoms with van der Waals surface area (Å²) in [5, 5.41) is 13.9. The summed E-state index contributed by atoms with van der Waals surface area (Å²) in [4.78, 5) is 12.7. The van der Waals surface area contributed by atoms with Crippen LogP contribution in [0.5, 0.6) is 5.75 Å². The Morgan fingerprint density at radius 1 is 1.07 bits per heavy atom. The summed E-state index contributed by atoms with van der Waals surface area (Å²) in [6.07, 6.45) is 3.94. The number of carbonyl (C=O) groups is 1. The van der Waals surface area contributed by atoms with E-state index in [2.05, 4.69) is 27.4 Å². The number of fused-ring (bicyclic) bond motifs is 1. The van der Waals surface area contributed by atoms with Crippen molar-refractivity contribution in [1.29, 1.82) is 0 Å². The molecule has 140 valence electrons. The molecular weight excluding hydrogens is 352 g/mol. The lowest BCUT2D eigenvalue weighted by Gasteiger charge is -2.17. The molecule has 1 aromatic heterocycles. The number of rotatable bonds is 4.